The predicted octanol–water partition coefficient (Wildman–Crippen LogP) is 1.43. The van der Waals surface area contributed by atoms with E-state index in [2.05, 4.69) is 20.3 Å². The first kappa shape index (κ1) is 16.3. The molecule has 2 heterocycles. The Morgan fingerprint density at radius 2 is 2.04 bits per heavy atom. The lowest BCUT2D eigenvalue weighted by Gasteiger charge is -2.38. The summed E-state index contributed by atoms with van der Waals surface area (Å²) in [7, 11) is 1.56. The molecule has 7 nitrogen and oxygen atoms in total. The Morgan fingerprint density at radius 3 is 2.58 bits per heavy atom. The third-order valence-corrected chi connectivity index (χ3v) is 4.25. The number of carbonyl (C=O) groups excluding carboxylic acids is 1. The van der Waals surface area contributed by atoms with Crippen LogP contribution in [0.1, 0.15) is 40.6 Å². The first-order valence-corrected chi connectivity index (χ1v) is 7.84. The van der Waals surface area contributed by atoms with Crippen LogP contribution in [0.25, 0.3) is 0 Å². The molecule has 24 heavy (non-hydrogen) atoms. The second-order valence-corrected chi connectivity index (χ2v) is 6.01. The highest BCUT2D eigenvalue weighted by molar-refractivity contribution is 5.92. The number of hydrogen-bond donors (Lipinski definition) is 2. The predicted molar refractivity (Wildman–Crippen MR) is 86.5 cm³/mol. The van der Waals surface area contributed by atoms with Gasteiger partial charge in [-0.3, -0.25) is 9.78 Å². The van der Waals surface area contributed by atoms with Gasteiger partial charge >= 0.3 is 0 Å². The number of aliphatic hydroxyl groups is 1. The number of aromatic nitrogens is 3. The summed E-state index contributed by atoms with van der Waals surface area (Å²) in [5.74, 6) is 0.393. The normalized spacial score (nSPS) is 20.8. The number of aliphatic hydroxyl groups excluding tert-OH is 1. The Labute approximate surface area is 140 Å². The molecule has 126 valence electrons. The molecular weight excluding hydrogens is 308 g/mol. The summed E-state index contributed by atoms with van der Waals surface area (Å²) >= 11 is 0. The van der Waals surface area contributed by atoms with Crippen LogP contribution >= 0.6 is 0 Å². The zero-order valence-corrected chi connectivity index (χ0v) is 13.6. The van der Waals surface area contributed by atoms with Gasteiger partial charge in [0.25, 0.3) is 5.91 Å². The second-order valence-electron chi connectivity index (χ2n) is 6.01. The maximum atomic E-state index is 12.5. The van der Waals surface area contributed by atoms with E-state index in [0.29, 0.717) is 18.7 Å². The van der Waals surface area contributed by atoms with E-state index in [9.17, 15) is 9.90 Å². The number of nitrogens with zero attached hydrogens (tertiary/aromatic N) is 3. The smallest absolute Gasteiger partial charge is 0.271 e. The van der Waals surface area contributed by atoms with E-state index in [1.54, 1.807) is 25.6 Å². The molecule has 1 aliphatic rings. The first-order valence-electron chi connectivity index (χ1n) is 7.84. The molecule has 0 aromatic carbocycles. The monoisotopic (exact) mass is 328 g/mol. The van der Waals surface area contributed by atoms with Crippen LogP contribution in [0.5, 0.6) is 5.88 Å². The van der Waals surface area contributed by atoms with E-state index in [4.69, 9.17) is 4.74 Å². The van der Waals surface area contributed by atoms with Crippen molar-refractivity contribution in [3.8, 4) is 5.88 Å². The standard InChI is InChI=1S/C17H20N4O3/c1-10-7-19-14(9-18-10)17(23)21-16(12-5-13(22)6-12)11-3-4-15(24-2)20-8-11/h3-4,7-9,12-13,16,22H,5-6H2,1-2H3,(H,21,23)/t12?,13?,16-/m0/s1. The highest BCUT2D eigenvalue weighted by Crippen LogP contribution is 2.38. The Bertz CT molecular complexity index is 697. The lowest BCUT2D eigenvalue weighted by atomic mass is 9.75. The minimum atomic E-state index is -0.306. The topological polar surface area (TPSA) is 97.2 Å². The van der Waals surface area contributed by atoms with Gasteiger partial charge in [0, 0.05) is 18.5 Å². The first-order chi connectivity index (χ1) is 11.6. The highest BCUT2D eigenvalue weighted by Gasteiger charge is 2.36. The van der Waals surface area contributed by atoms with Crippen molar-refractivity contribution in [1.29, 1.82) is 0 Å². The fourth-order valence-corrected chi connectivity index (χ4v) is 2.80. The lowest BCUT2D eigenvalue weighted by Crippen LogP contribution is -2.41. The van der Waals surface area contributed by atoms with Crippen molar-refractivity contribution < 1.29 is 14.6 Å². The van der Waals surface area contributed by atoms with Crippen molar-refractivity contribution in [2.45, 2.75) is 31.9 Å². The molecule has 7 heteroatoms. The van der Waals surface area contributed by atoms with Crippen LogP contribution in [0.3, 0.4) is 0 Å². The molecule has 1 fully saturated rings. The van der Waals surface area contributed by atoms with Crippen molar-refractivity contribution in [1.82, 2.24) is 20.3 Å². The summed E-state index contributed by atoms with van der Waals surface area (Å²) in [6.07, 6.45) is 5.71. The Morgan fingerprint density at radius 1 is 1.25 bits per heavy atom. The molecule has 2 aromatic heterocycles. The highest BCUT2D eigenvalue weighted by atomic mass is 16.5. The molecule has 0 unspecified atom stereocenters. The zero-order chi connectivity index (χ0) is 17.1. The van der Waals surface area contributed by atoms with Crippen LogP contribution in [-0.4, -0.2) is 39.2 Å². The van der Waals surface area contributed by atoms with Crippen LogP contribution in [-0.2, 0) is 0 Å². The number of hydrogen-bond acceptors (Lipinski definition) is 6. The lowest BCUT2D eigenvalue weighted by molar-refractivity contribution is 0.0234. The van der Waals surface area contributed by atoms with Gasteiger partial charge in [0.1, 0.15) is 5.69 Å². The summed E-state index contributed by atoms with van der Waals surface area (Å²) in [5, 5.41) is 12.6. The fourth-order valence-electron chi connectivity index (χ4n) is 2.80. The van der Waals surface area contributed by atoms with Crippen molar-refractivity contribution in [3.05, 3.63) is 47.7 Å². The van der Waals surface area contributed by atoms with E-state index in [1.807, 2.05) is 13.0 Å². The minimum Gasteiger partial charge on any atom is -0.481 e. The molecule has 0 radical (unpaired) electrons. The number of ether oxygens (including phenoxy) is 1. The van der Waals surface area contributed by atoms with Gasteiger partial charge in [-0.2, -0.15) is 0 Å². The van der Waals surface area contributed by atoms with Crippen molar-refractivity contribution in [3.63, 3.8) is 0 Å². The Kier molecular flexibility index (Phi) is 4.71. The molecule has 1 atom stereocenters. The molecule has 1 aliphatic carbocycles. The molecule has 2 N–H and O–H groups in total. The summed E-state index contributed by atoms with van der Waals surface area (Å²) in [4.78, 5) is 24.9. The van der Waals surface area contributed by atoms with E-state index >= 15 is 0 Å². The molecule has 0 aliphatic heterocycles. The molecule has 2 aromatic rings. The van der Waals surface area contributed by atoms with E-state index in [1.165, 1.54) is 6.20 Å². The quantitative estimate of drug-likeness (QED) is 0.862. The summed E-state index contributed by atoms with van der Waals surface area (Å²) in [5.41, 5.74) is 1.90. The number of carbonyl (C=O) groups is 1. The number of amides is 1. The van der Waals surface area contributed by atoms with Gasteiger partial charge in [0.15, 0.2) is 0 Å². The summed E-state index contributed by atoms with van der Waals surface area (Å²) in [6, 6.07) is 3.40. The Balaban J connectivity index is 1.79. The third kappa shape index (κ3) is 3.51. The number of pyridine rings is 1. The van der Waals surface area contributed by atoms with Gasteiger partial charge in [-0.05, 0) is 31.2 Å². The average Bonchev–Trinajstić information content (AvgIpc) is 2.58. The third-order valence-electron chi connectivity index (χ3n) is 4.25. The van der Waals surface area contributed by atoms with E-state index in [0.717, 1.165) is 11.3 Å². The Hall–Kier alpha value is -2.54. The van der Waals surface area contributed by atoms with Crippen LogP contribution in [0.4, 0.5) is 0 Å². The van der Waals surface area contributed by atoms with Crippen LogP contribution < -0.4 is 10.1 Å². The fraction of sp³-hybridized carbons (Fsp3) is 0.412. The molecular formula is C17H20N4O3. The molecule has 3 rings (SSSR count). The minimum absolute atomic E-state index is 0.164. The van der Waals surface area contributed by atoms with Crippen molar-refractivity contribution in [2.75, 3.05) is 7.11 Å². The van der Waals surface area contributed by atoms with Gasteiger partial charge in [-0.25, -0.2) is 9.97 Å². The molecule has 0 spiro atoms. The SMILES string of the molecule is COc1ccc([C@H](NC(=O)c2cnc(C)cn2)C2CC(O)C2)cn1. The van der Waals surface area contributed by atoms with Gasteiger partial charge in [0.05, 0.1) is 31.1 Å². The molecule has 1 amide bonds. The van der Waals surface area contributed by atoms with E-state index < -0.39 is 0 Å². The summed E-state index contributed by atoms with van der Waals surface area (Å²) in [6.45, 7) is 1.82. The van der Waals surface area contributed by atoms with Gasteiger partial charge in [0.2, 0.25) is 5.88 Å². The molecule has 0 bridgehead atoms. The zero-order valence-electron chi connectivity index (χ0n) is 13.6. The van der Waals surface area contributed by atoms with E-state index in [-0.39, 0.29) is 29.7 Å². The van der Waals surface area contributed by atoms with Gasteiger partial charge in [-0.1, -0.05) is 6.07 Å². The molecule has 1 saturated carbocycles. The number of nitrogens with one attached hydrogen (secondary N) is 1. The number of methoxy groups -OCH3 is 1. The largest absolute Gasteiger partial charge is 0.481 e. The average molecular weight is 328 g/mol. The van der Waals surface area contributed by atoms with Crippen molar-refractivity contribution >= 4 is 5.91 Å². The maximum Gasteiger partial charge on any atom is 0.271 e. The number of aryl methyl sites for hydroxylation is 1. The number of rotatable bonds is 5. The molecule has 0 saturated heterocycles. The summed E-state index contributed by atoms with van der Waals surface area (Å²) < 4.78 is 5.07. The van der Waals surface area contributed by atoms with Crippen LogP contribution in [0, 0.1) is 12.8 Å². The van der Waals surface area contributed by atoms with Crippen molar-refractivity contribution in [2.24, 2.45) is 5.92 Å². The van der Waals surface area contributed by atoms with Crippen LogP contribution in [0.15, 0.2) is 30.7 Å². The van der Waals surface area contributed by atoms with Gasteiger partial charge in [-0.15, -0.1) is 0 Å². The second kappa shape index (κ2) is 6.92. The van der Waals surface area contributed by atoms with Gasteiger partial charge < -0.3 is 15.2 Å². The van der Waals surface area contributed by atoms with Crippen LogP contribution in [0.2, 0.25) is 0 Å². The maximum absolute atomic E-state index is 12.5.